The number of fused-ring (bicyclic) bond motifs is 1. The third kappa shape index (κ3) is 4.84. The van der Waals surface area contributed by atoms with E-state index in [1.807, 2.05) is 19.2 Å². The molecule has 2 aromatic heterocycles. The molecule has 1 aromatic carbocycles. The van der Waals surface area contributed by atoms with Crippen molar-refractivity contribution in [1.82, 2.24) is 15.3 Å². The van der Waals surface area contributed by atoms with Gasteiger partial charge in [-0.05, 0) is 93.3 Å². The van der Waals surface area contributed by atoms with E-state index < -0.39 is 0 Å². The predicted octanol–water partition coefficient (Wildman–Crippen LogP) is 5.26. The average Bonchev–Trinajstić information content (AvgIpc) is 2.79. The van der Waals surface area contributed by atoms with Crippen LogP contribution in [-0.2, 0) is 0 Å². The van der Waals surface area contributed by atoms with Crippen LogP contribution in [0.5, 0.6) is 5.75 Å². The van der Waals surface area contributed by atoms with Crippen LogP contribution in [0.25, 0.3) is 10.9 Å². The number of amides is 1. The average molecular weight is 422 g/mol. The molecule has 0 spiro atoms. The molecule has 1 amide bonds. The van der Waals surface area contributed by atoms with E-state index >= 15 is 0 Å². The van der Waals surface area contributed by atoms with Gasteiger partial charge in [0.2, 0.25) is 0 Å². The van der Waals surface area contributed by atoms with Gasteiger partial charge in [-0.3, -0.25) is 9.78 Å². The van der Waals surface area contributed by atoms with Gasteiger partial charge < -0.3 is 10.1 Å². The van der Waals surface area contributed by atoms with Gasteiger partial charge in [-0.25, -0.2) is 9.37 Å². The van der Waals surface area contributed by atoms with Crippen molar-refractivity contribution in [2.45, 2.75) is 51.5 Å². The number of ether oxygens (including phenoxy) is 1. The summed E-state index contributed by atoms with van der Waals surface area (Å²) in [5, 5.41) is 4.02. The molecule has 1 unspecified atom stereocenters. The van der Waals surface area contributed by atoms with Crippen molar-refractivity contribution < 1.29 is 13.9 Å². The van der Waals surface area contributed by atoms with Gasteiger partial charge in [0.1, 0.15) is 17.3 Å². The maximum absolute atomic E-state index is 13.8. The lowest BCUT2D eigenvalue weighted by Crippen LogP contribution is -2.39. The highest BCUT2D eigenvalue weighted by atomic mass is 19.1. The Morgan fingerprint density at radius 3 is 2.68 bits per heavy atom. The van der Waals surface area contributed by atoms with E-state index in [1.165, 1.54) is 11.6 Å². The minimum atomic E-state index is -0.227. The first-order chi connectivity index (χ1) is 15.0. The summed E-state index contributed by atoms with van der Waals surface area (Å²) in [5.41, 5.74) is 2.41. The lowest BCUT2D eigenvalue weighted by molar-refractivity contribution is 0.0912. The molecule has 31 heavy (non-hydrogen) atoms. The maximum atomic E-state index is 13.8. The van der Waals surface area contributed by atoms with Gasteiger partial charge in [-0.15, -0.1) is 0 Å². The smallest absolute Gasteiger partial charge is 0.270 e. The van der Waals surface area contributed by atoms with E-state index in [9.17, 15) is 9.18 Å². The SMILES string of the molecule is CCOc1ccc(C(=O)NC(C)[C@H]2CC[C@@H](c3ccnc4ccc(F)cc43)CC2)nc1. The molecule has 1 aliphatic rings. The van der Waals surface area contributed by atoms with Gasteiger partial charge in [0, 0.05) is 17.6 Å². The van der Waals surface area contributed by atoms with Crippen LogP contribution in [0.2, 0.25) is 0 Å². The first kappa shape index (κ1) is 21.2. The first-order valence-electron chi connectivity index (χ1n) is 11.0. The van der Waals surface area contributed by atoms with E-state index in [-0.39, 0.29) is 17.8 Å². The van der Waals surface area contributed by atoms with Crippen LogP contribution in [0, 0.1) is 11.7 Å². The Balaban J connectivity index is 1.36. The number of nitrogens with one attached hydrogen (secondary N) is 1. The number of halogens is 1. The lowest BCUT2D eigenvalue weighted by atomic mass is 9.75. The summed E-state index contributed by atoms with van der Waals surface area (Å²) in [6, 6.07) is 10.3. The summed E-state index contributed by atoms with van der Waals surface area (Å²) < 4.78 is 19.2. The number of pyridine rings is 2. The molecule has 0 bridgehead atoms. The predicted molar refractivity (Wildman–Crippen MR) is 119 cm³/mol. The van der Waals surface area contributed by atoms with Crippen LogP contribution in [0.15, 0.2) is 48.8 Å². The van der Waals surface area contributed by atoms with Crippen LogP contribution < -0.4 is 10.1 Å². The fraction of sp³-hybridized carbons (Fsp3) is 0.400. The van der Waals surface area contributed by atoms with Gasteiger partial charge in [0.05, 0.1) is 18.3 Å². The topological polar surface area (TPSA) is 64.1 Å². The molecule has 162 valence electrons. The van der Waals surface area contributed by atoms with Crippen LogP contribution in [0.1, 0.15) is 61.5 Å². The van der Waals surface area contributed by atoms with Gasteiger partial charge in [0.25, 0.3) is 5.91 Å². The number of carbonyl (C=O) groups excluding carboxylic acids is 1. The van der Waals surface area contributed by atoms with Crippen molar-refractivity contribution in [1.29, 1.82) is 0 Å². The summed E-state index contributed by atoms with van der Waals surface area (Å²) in [6.45, 7) is 4.54. The Labute approximate surface area is 182 Å². The van der Waals surface area contributed by atoms with Crippen LogP contribution in [0.3, 0.4) is 0 Å². The van der Waals surface area contributed by atoms with E-state index in [2.05, 4.69) is 22.2 Å². The minimum Gasteiger partial charge on any atom is -0.492 e. The second-order valence-corrected chi connectivity index (χ2v) is 8.25. The van der Waals surface area contributed by atoms with Crippen LogP contribution in [-0.4, -0.2) is 28.5 Å². The molecule has 3 aromatic rings. The number of hydrogen-bond acceptors (Lipinski definition) is 4. The zero-order chi connectivity index (χ0) is 21.8. The van der Waals surface area contributed by atoms with Crippen molar-refractivity contribution in [3.8, 4) is 5.75 Å². The molecular weight excluding hydrogens is 393 g/mol. The fourth-order valence-corrected chi connectivity index (χ4v) is 4.59. The van der Waals surface area contributed by atoms with Gasteiger partial charge in [-0.2, -0.15) is 0 Å². The van der Waals surface area contributed by atoms with Crippen molar-refractivity contribution in [2.24, 2.45) is 5.92 Å². The largest absolute Gasteiger partial charge is 0.492 e. The molecule has 2 heterocycles. The standard InChI is InChI=1S/C25H28FN3O2/c1-3-31-20-9-11-24(28-15-20)25(30)29-16(2)17-4-6-18(7-5-17)21-12-13-27-23-10-8-19(26)14-22(21)23/h8-18H,3-7H2,1-2H3,(H,29,30)/t16?,17-,18+. The Bertz CT molecular complexity index is 1050. The van der Waals surface area contributed by atoms with Gasteiger partial charge >= 0.3 is 0 Å². The molecule has 4 rings (SSSR count). The quantitative estimate of drug-likeness (QED) is 0.590. The minimum absolute atomic E-state index is 0.0634. The Morgan fingerprint density at radius 2 is 1.97 bits per heavy atom. The third-order valence-corrected chi connectivity index (χ3v) is 6.29. The van der Waals surface area contributed by atoms with Crippen molar-refractivity contribution in [2.75, 3.05) is 6.61 Å². The molecule has 1 fully saturated rings. The molecule has 1 atom stereocenters. The molecule has 1 N–H and O–H groups in total. The van der Waals surface area contributed by atoms with Crippen LogP contribution in [0.4, 0.5) is 4.39 Å². The summed E-state index contributed by atoms with van der Waals surface area (Å²) >= 11 is 0. The normalized spacial score (nSPS) is 19.7. The Kier molecular flexibility index (Phi) is 6.44. The summed E-state index contributed by atoms with van der Waals surface area (Å²) in [4.78, 5) is 21.2. The second kappa shape index (κ2) is 9.41. The summed E-state index contributed by atoms with van der Waals surface area (Å²) in [7, 11) is 0. The lowest BCUT2D eigenvalue weighted by Gasteiger charge is -2.33. The highest BCUT2D eigenvalue weighted by Crippen LogP contribution is 2.39. The molecule has 0 radical (unpaired) electrons. The van der Waals surface area contributed by atoms with Crippen LogP contribution >= 0.6 is 0 Å². The Morgan fingerprint density at radius 1 is 1.16 bits per heavy atom. The molecule has 0 aliphatic heterocycles. The molecule has 0 saturated heterocycles. The highest BCUT2D eigenvalue weighted by molar-refractivity contribution is 5.92. The van der Waals surface area contributed by atoms with Crippen molar-refractivity contribution >= 4 is 16.8 Å². The molecule has 5 nitrogen and oxygen atoms in total. The Hall–Kier alpha value is -3.02. The van der Waals surface area contributed by atoms with E-state index in [0.717, 1.165) is 36.6 Å². The zero-order valence-electron chi connectivity index (χ0n) is 18.0. The third-order valence-electron chi connectivity index (χ3n) is 6.29. The second-order valence-electron chi connectivity index (χ2n) is 8.25. The highest BCUT2D eigenvalue weighted by Gasteiger charge is 2.28. The molecular formula is C25H28FN3O2. The maximum Gasteiger partial charge on any atom is 0.270 e. The summed E-state index contributed by atoms with van der Waals surface area (Å²) in [6.07, 6.45) is 7.46. The number of hydrogen-bond donors (Lipinski definition) is 1. The number of carbonyl (C=O) groups is 1. The van der Waals surface area contributed by atoms with Gasteiger partial charge in [-0.1, -0.05) is 0 Å². The summed E-state index contributed by atoms with van der Waals surface area (Å²) in [5.74, 6) is 1.07. The first-order valence-corrected chi connectivity index (χ1v) is 11.0. The molecule has 1 aliphatic carbocycles. The van der Waals surface area contributed by atoms with E-state index in [0.29, 0.717) is 29.9 Å². The van der Waals surface area contributed by atoms with Crippen molar-refractivity contribution in [3.63, 3.8) is 0 Å². The fourth-order valence-electron chi connectivity index (χ4n) is 4.59. The number of aromatic nitrogens is 2. The van der Waals surface area contributed by atoms with E-state index in [4.69, 9.17) is 4.74 Å². The number of benzene rings is 1. The molecule has 1 saturated carbocycles. The van der Waals surface area contributed by atoms with Gasteiger partial charge in [0.15, 0.2) is 0 Å². The monoisotopic (exact) mass is 421 g/mol. The number of nitrogens with zero attached hydrogens (tertiary/aromatic N) is 2. The zero-order valence-corrected chi connectivity index (χ0v) is 18.0. The molecule has 6 heteroatoms. The number of rotatable bonds is 6. The van der Waals surface area contributed by atoms with Crippen molar-refractivity contribution in [3.05, 3.63) is 65.9 Å². The van der Waals surface area contributed by atoms with E-state index in [1.54, 1.807) is 30.5 Å².